The summed E-state index contributed by atoms with van der Waals surface area (Å²) in [6.07, 6.45) is 1.86. The minimum Gasteiger partial charge on any atom is -0.207 e. The van der Waals surface area contributed by atoms with Crippen LogP contribution in [0.1, 0.15) is 12.8 Å². The van der Waals surface area contributed by atoms with E-state index < -0.39 is 10.0 Å². The molecule has 1 saturated heterocycles. The Morgan fingerprint density at radius 2 is 1.90 bits per heavy atom. The Hall–Kier alpha value is -0.910. The molecule has 1 aliphatic heterocycles. The minimum atomic E-state index is -3.42. The van der Waals surface area contributed by atoms with Crippen molar-refractivity contribution in [3.63, 3.8) is 0 Å². The molecular formula is C15H16BrNO2S. The Morgan fingerprint density at radius 1 is 1.15 bits per heavy atom. The molecule has 1 fully saturated rings. The first kappa shape index (κ1) is 14.0. The van der Waals surface area contributed by atoms with E-state index in [0.717, 1.165) is 23.6 Å². The Kier molecular flexibility index (Phi) is 3.84. The van der Waals surface area contributed by atoms with Gasteiger partial charge in [0.15, 0.2) is 0 Å². The summed E-state index contributed by atoms with van der Waals surface area (Å²) in [4.78, 5) is 0.420. The third-order valence-electron chi connectivity index (χ3n) is 3.84. The molecule has 1 unspecified atom stereocenters. The molecule has 106 valence electrons. The standard InChI is InChI=1S/C15H16BrNO2S/c16-11-13-7-4-10-17(13)20(18,19)15-9-3-6-12-5-1-2-8-14(12)15/h1-3,5-6,8-9,13H,4,7,10-11H2. The van der Waals surface area contributed by atoms with Gasteiger partial charge < -0.3 is 0 Å². The average Bonchev–Trinajstić information content (AvgIpc) is 2.96. The van der Waals surface area contributed by atoms with Crippen LogP contribution < -0.4 is 0 Å². The van der Waals surface area contributed by atoms with E-state index in [4.69, 9.17) is 0 Å². The molecule has 0 radical (unpaired) electrons. The highest BCUT2D eigenvalue weighted by molar-refractivity contribution is 9.09. The second-order valence-corrected chi connectivity index (χ2v) is 7.55. The van der Waals surface area contributed by atoms with Gasteiger partial charge in [-0.3, -0.25) is 0 Å². The third-order valence-corrected chi connectivity index (χ3v) is 6.59. The second-order valence-electron chi connectivity index (χ2n) is 5.04. The first-order valence-corrected chi connectivity index (χ1v) is 9.26. The summed E-state index contributed by atoms with van der Waals surface area (Å²) in [5.41, 5.74) is 0. The van der Waals surface area contributed by atoms with Crippen LogP contribution in [0.4, 0.5) is 0 Å². The maximum Gasteiger partial charge on any atom is 0.243 e. The number of benzene rings is 2. The largest absolute Gasteiger partial charge is 0.243 e. The molecule has 0 N–H and O–H groups in total. The predicted molar refractivity (Wildman–Crippen MR) is 84.7 cm³/mol. The van der Waals surface area contributed by atoms with Gasteiger partial charge >= 0.3 is 0 Å². The lowest BCUT2D eigenvalue weighted by Gasteiger charge is -2.23. The average molecular weight is 354 g/mol. The normalized spacial score (nSPS) is 20.6. The van der Waals surface area contributed by atoms with Crippen LogP contribution >= 0.6 is 15.9 Å². The van der Waals surface area contributed by atoms with Gasteiger partial charge in [0, 0.05) is 23.3 Å². The number of rotatable bonds is 3. The number of fused-ring (bicyclic) bond motifs is 1. The van der Waals surface area contributed by atoms with Crippen LogP contribution in [0.25, 0.3) is 10.8 Å². The van der Waals surface area contributed by atoms with Gasteiger partial charge in [0.05, 0.1) is 4.90 Å². The minimum absolute atomic E-state index is 0.0685. The zero-order valence-electron chi connectivity index (χ0n) is 11.0. The van der Waals surface area contributed by atoms with Crippen molar-refractivity contribution in [3.05, 3.63) is 42.5 Å². The van der Waals surface area contributed by atoms with E-state index in [9.17, 15) is 8.42 Å². The summed E-state index contributed by atoms with van der Waals surface area (Å²) in [5.74, 6) is 0. The van der Waals surface area contributed by atoms with Crippen molar-refractivity contribution in [2.45, 2.75) is 23.8 Å². The van der Waals surface area contributed by atoms with Gasteiger partial charge in [-0.05, 0) is 24.3 Å². The number of alkyl halides is 1. The summed E-state index contributed by atoms with van der Waals surface area (Å²) < 4.78 is 27.5. The molecule has 3 nitrogen and oxygen atoms in total. The highest BCUT2D eigenvalue weighted by atomic mass is 79.9. The van der Waals surface area contributed by atoms with Crippen LogP contribution in [0.15, 0.2) is 47.4 Å². The van der Waals surface area contributed by atoms with E-state index in [1.807, 2.05) is 36.4 Å². The van der Waals surface area contributed by atoms with Gasteiger partial charge in [-0.2, -0.15) is 4.31 Å². The molecule has 0 spiro atoms. The first-order valence-electron chi connectivity index (χ1n) is 6.70. The molecule has 0 bridgehead atoms. The van der Waals surface area contributed by atoms with Crippen LogP contribution in [-0.4, -0.2) is 30.6 Å². The summed E-state index contributed by atoms with van der Waals surface area (Å²) in [5, 5.41) is 2.45. The highest BCUT2D eigenvalue weighted by Crippen LogP contribution is 2.31. The molecule has 0 saturated carbocycles. The zero-order valence-corrected chi connectivity index (χ0v) is 13.4. The number of sulfonamides is 1. The Labute approximate surface area is 127 Å². The zero-order chi connectivity index (χ0) is 14.2. The van der Waals surface area contributed by atoms with Crippen molar-refractivity contribution in [1.29, 1.82) is 0 Å². The van der Waals surface area contributed by atoms with E-state index >= 15 is 0 Å². The van der Waals surface area contributed by atoms with Gasteiger partial charge in [0.25, 0.3) is 0 Å². The van der Waals surface area contributed by atoms with Crippen molar-refractivity contribution in [2.24, 2.45) is 0 Å². The Morgan fingerprint density at radius 3 is 2.70 bits per heavy atom. The Bertz CT molecular complexity index is 724. The molecule has 3 rings (SSSR count). The predicted octanol–water partition coefficient (Wildman–Crippen LogP) is 3.39. The molecule has 0 aromatic heterocycles. The molecule has 2 aromatic rings. The topological polar surface area (TPSA) is 37.4 Å². The van der Waals surface area contributed by atoms with E-state index in [2.05, 4.69) is 15.9 Å². The molecule has 2 aromatic carbocycles. The molecule has 0 amide bonds. The maximum atomic E-state index is 12.9. The monoisotopic (exact) mass is 353 g/mol. The van der Waals surface area contributed by atoms with E-state index in [0.29, 0.717) is 16.8 Å². The lowest BCUT2D eigenvalue weighted by atomic mass is 10.1. The number of halogens is 1. The molecule has 1 atom stereocenters. The number of hydrogen-bond acceptors (Lipinski definition) is 2. The number of nitrogens with zero attached hydrogens (tertiary/aromatic N) is 1. The van der Waals surface area contributed by atoms with Crippen LogP contribution in [0.3, 0.4) is 0 Å². The van der Waals surface area contributed by atoms with Gasteiger partial charge in [0.2, 0.25) is 10.0 Å². The smallest absolute Gasteiger partial charge is 0.207 e. The molecule has 1 aliphatic rings. The van der Waals surface area contributed by atoms with Crippen molar-refractivity contribution < 1.29 is 8.42 Å². The second kappa shape index (κ2) is 5.47. The summed E-state index contributed by atoms with van der Waals surface area (Å²) in [6, 6.07) is 13.2. The van der Waals surface area contributed by atoms with Gasteiger partial charge in [-0.1, -0.05) is 52.3 Å². The number of hydrogen-bond donors (Lipinski definition) is 0. The van der Waals surface area contributed by atoms with Crippen LogP contribution in [-0.2, 0) is 10.0 Å². The molecule has 5 heteroatoms. The molecule has 0 aliphatic carbocycles. The highest BCUT2D eigenvalue weighted by Gasteiger charge is 2.35. The van der Waals surface area contributed by atoms with Crippen molar-refractivity contribution in [1.82, 2.24) is 4.31 Å². The molecule has 1 heterocycles. The van der Waals surface area contributed by atoms with Gasteiger partial charge in [0.1, 0.15) is 0 Å². The van der Waals surface area contributed by atoms with E-state index in [1.165, 1.54) is 0 Å². The lowest BCUT2D eigenvalue weighted by Crippen LogP contribution is -2.36. The summed E-state index contributed by atoms with van der Waals surface area (Å²) >= 11 is 3.43. The fraction of sp³-hybridized carbons (Fsp3) is 0.333. The quantitative estimate of drug-likeness (QED) is 0.793. The van der Waals surface area contributed by atoms with Crippen LogP contribution in [0.2, 0.25) is 0 Å². The van der Waals surface area contributed by atoms with Crippen LogP contribution in [0.5, 0.6) is 0 Å². The SMILES string of the molecule is O=S(=O)(c1cccc2ccccc12)N1CCCC1CBr. The summed E-state index contributed by atoms with van der Waals surface area (Å²) in [6.45, 7) is 0.613. The fourth-order valence-electron chi connectivity index (χ4n) is 2.83. The third kappa shape index (κ3) is 2.28. The fourth-order valence-corrected chi connectivity index (χ4v) is 5.60. The lowest BCUT2D eigenvalue weighted by molar-refractivity contribution is 0.414. The molecule has 20 heavy (non-hydrogen) atoms. The van der Waals surface area contributed by atoms with E-state index in [1.54, 1.807) is 10.4 Å². The van der Waals surface area contributed by atoms with Crippen LogP contribution in [0, 0.1) is 0 Å². The van der Waals surface area contributed by atoms with Gasteiger partial charge in [-0.25, -0.2) is 8.42 Å². The van der Waals surface area contributed by atoms with Crippen molar-refractivity contribution in [2.75, 3.05) is 11.9 Å². The maximum absolute atomic E-state index is 12.9. The van der Waals surface area contributed by atoms with Crippen molar-refractivity contribution in [3.8, 4) is 0 Å². The summed E-state index contributed by atoms with van der Waals surface area (Å²) in [7, 11) is -3.42. The molecular weight excluding hydrogens is 338 g/mol. The van der Waals surface area contributed by atoms with Crippen molar-refractivity contribution >= 4 is 36.7 Å². The van der Waals surface area contributed by atoms with E-state index in [-0.39, 0.29) is 6.04 Å². The first-order chi connectivity index (χ1) is 9.64. The Balaban J connectivity index is 2.14. The van der Waals surface area contributed by atoms with Gasteiger partial charge in [-0.15, -0.1) is 0 Å².